The minimum absolute atomic E-state index is 0.140. The molecule has 3 rings (SSSR count). The van der Waals surface area contributed by atoms with Crippen LogP contribution in [-0.4, -0.2) is 16.8 Å². The molecule has 0 saturated carbocycles. The van der Waals surface area contributed by atoms with E-state index in [4.69, 9.17) is 4.74 Å². The molecule has 0 aliphatic carbocycles. The lowest BCUT2D eigenvalue weighted by Crippen LogP contribution is -2.41. The number of benzene rings is 2. The molecule has 8 heteroatoms. The average Bonchev–Trinajstić information content (AvgIpc) is 2.78. The highest BCUT2D eigenvalue weighted by Gasteiger charge is 2.28. The van der Waals surface area contributed by atoms with Crippen molar-refractivity contribution in [2.45, 2.75) is 19.3 Å². The van der Waals surface area contributed by atoms with E-state index in [1.807, 2.05) is 0 Å². The molecule has 1 aromatic heterocycles. The smallest absolute Gasteiger partial charge is 0.273 e. The SMILES string of the molecule is CCC(F)(F)c1ccc(C(=O)NNC(=O)c2cccc(Oc3ccncc3)c2)cc1. The molecule has 0 aliphatic heterocycles. The number of halogens is 2. The third-order valence-corrected chi connectivity index (χ3v) is 4.28. The Labute approximate surface area is 171 Å². The van der Waals surface area contributed by atoms with Gasteiger partial charge >= 0.3 is 0 Å². The molecule has 2 N–H and O–H groups in total. The Morgan fingerprint density at radius 2 is 1.53 bits per heavy atom. The average molecular weight is 411 g/mol. The van der Waals surface area contributed by atoms with Crippen LogP contribution in [0.3, 0.4) is 0 Å². The summed E-state index contributed by atoms with van der Waals surface area (Å²) >= 11 is 0. The van der Waals surface area contributed by atoms with Crippen LogP contribution in [0.25, 0.3) is 0 Å². The Morgan fingerprint density at radius 1 is 0.900 bits per heavy atom. The zero-order valence-electron chi connectivity index (χ0n) is 16.1. The van der Waals surface area contributed by atoms with Crippen LogP contribution >= 0.6 is 0 Å². The molecule has 30 heavy (non-hydrogen) atoms. The van der Waals surface area contributed by atoms with E-state index >= 15 is 0 Å². The van der Waals surface area contributed by atoms with Crippen LogP contribution in [0, 0.1) is 0 Å². The zero-order valence-corrected chi connectivity index (χ0v) is 16.1. The number of hydrogen-bond acceptors (Lipinski definition) is 4. The van der Waals surface area contributed by atoms with Crippen LogP contribution in [0.2, 0.25) is 0 Å². The van der Waals surface area contributed by atoms with Gasteiger partial charge in [0.2, 0.25) is 0 Å². The van der Waals surface area contributed by atoms with Gasteiger partial charge in [-0.15, -0.1) is 0 Å². The number of carbonyl (C=O) groups excluding carboxylic acids is 2. The lowest BCUT2D eigenvalue weighted by Gasteiger charge is -2.14. The maximum atomic E-state index is 13.7. The molecule has 0 unspecified atom stereocenters. The van der Waals surface area contributed by atoms with Gasteiger partial charge in [-0.05, 0) is 42.5 Å². The van der Waals surface area contributed by atoms with Crippen LogP contribution in [0.5, 0.6) is 11.5 Å². The number of rotatable bonds is 6. The maximum Gasteiger partial charge on any atom is 0.273 e. The molecule has 0 radical (unpaired) electrons. The molecule has 2 amide bonds. The largest absolute Gasteiger partial charge is 0.457 e. The summed E-state index contributed by atoms with van der Waals surface area (Å²) in [6, 6.07) is 14.7. The van der Waals surface area contributed by atoms with Crippen LogP contribution < -0.4 is 15.6 Å². The Bertz CT molecular complexity index is 1030. The monoisotopic (exact) mass is 411 g/mol. The molecule has 0 aliphatic rings. The first-order valence-corrected chi connectivity index (χ1v) is 9.16. The van der Waals surface area contributed by atoms with E-state index in [2.05, 4.69) is 15.8 Å². The summed E-state index contributed by atoms with van der Waals surface area (Å²) in [7, 11) is 0. The number of nitrogens with one attached hydrogen (secondary N) is 2. The van der Waals surface area contributed by atoms with Crippen LogP contribution in [0.1, 0.15) is 39.6 Å². The Balaban J connectivity index is 1.60. The van der Waals surface area contributed by atoms with Gasteiger partial charge in [-0.2, -0.15) is 0 Å². The van der Waals surface area contributed by atoms with E-state index in [1.54, 1.807) is 42.7 Å². The van der Waals surface area contributed by atoms with Crippen molar-refractivity contribution in [2.75, 3.05) is 0 Å². The first-order chi connectivity index (χ1) is 14.4. The van der Waals surface area contributed by atoms with Gasteiger partial charge in [0.1, 0.15) is 11.5 Å². The number of nitrogens with zero attached hydrogens (tertiary/aromatic N) is 1. The van der Waals surface area contributed by atoms with Gasteiger partial charge in [-0.3, -0.25) is 25.4 Å². The summed E-state index contributed by atoms with van der Waals surface area (Å²) in [4.78, 5) is 28.4. The molecule has 154 valence electrons. The van der Waals surface area contributed by atoms with Crippen molar-refractivity contribution in [1.82, 2.24) is 15.8 Å². The quantitative estimate of drug-likeness (QED) is 0.588. The fourth-order valence-electron chi connectivity index (χ4n) is 2.57. The Hall–Kier alpha value is -3.81. The van der Waals surface area contributed by atoms with Crippen LogP contribution in [0.4, 0.5) is 8.78 Å². The van der Waals surface area contributed by atoms with Crippen molar-refractivity contribution in [3.8, 4) is 11.5 Å². The van der Waals surface area contributed by atoms with Crippen LogP contribution in [0.15, 0.2) is 73.1 Å². The molecular weight excluding hydrogens is 392 g/mol. The summed E-state index contributed by atoms with van der Waals surface area (Å²) in [6.45, 7) is 1.38. The fraction of sp³-hybridized carbons (Fsp3) is 0.136. The van der Waals surface area contributed by atoms with E-state index in [0.717, 1.165) is 0 Å². The normalized spacial score (nSPS) is 10.9. The van der Waals surface area contributed by atoms with E-state index in [1.165, 1.54) is 37.3 Å². The van der Waals surface area contributed by atoms with Gasteiger partial charge < -0.3 is 4.74 Å². The highest BCUT2D eigenvalue weighted by molar-refractivity contribution is 5.99. The first kappa shape index (κ1) is 20.9. The van der Waals surface area contributed by atoms with Gasteiger partial charge in [0, 0.05) is 35.5 Å². The predicted molar refractivity (Wildman–Crippen MR) is 106 cm³/mol. The Kier molecular flexibility index (Phi) is 6.36. The summed E-state index contributed by atoms with van der Waals surface area (Å²) in [5.74, 6) is -3.14. The topological polar surface area (TPSA) is 80.3 Å². The van der Waals surface area contributed by atoms with Gasteiger partial charge in [-0.25, -0.2) is 8.78 Å². The van der Waals surface area contributed by atoms with Gasteiger partial charge in [0.05, 0.1) is 0 Å². The van der Waals surface area contributed by atoms with E-state index in [0.29, 0.717) is 11.5 Å². The lowest BCUT2D eigenvalue weighted by molar-refractivity contribution is -0.00831. The fourth-order valence-corrected chi connectivity index (χ4v) is 2.57. The van der Waals surface area contributed by atoms with Crippen molar-refractivity contribution in [2.24, 2.45) is 0 Å². The molecule has 0 atom stereocenters. The number of amides is 2. The minimum Gasteiger partial charge on any atom is -0.457 e. The third kappa shape index (κ3) is 5.16. The molecule has 1 heterocycles. The predicted octanol–water partition coefficient (Wildman–Crippen LogP) is 4.45. The minimum atomic E-state index is -2.95. The van der Waals surface area contributed by atoms with Crippen molar-refractivity contribution < 1.29 is 23.1 Å². The third-order valence-electron chi connectivity index (χ3n) is 4.28. The van der Waals surface area contributed by atoms with Gasteiger partial charge in [-0.1, -0.05) is 25.1 Å². The molecule has 0 saturated heterocycles. The van der Waals surface area contributed by atoms with Gasteiger partial charge in [0.25, 0.3) is 17.7 Å². The molecule has 2 aromatic carbocycles. The van der Waals surface area contributed by atoms with E-state index in [9.17, 15) is 18.4 Å². The first-order valence-electron chi connectivity index (χ1n) is 9.16. The zero-order chi connectivity index (χ0) is 21.6. The summed E-state index contributed by atoms with van der Waals surface area (Å²) < 4.78 is 33.0. The highest BCUT2D eigenvalue weighted by Crippen LogP contribution is 2.31. The summed E-state index contributed by atoms with van der Waals surface area (Å²) in [5.41, 5.74) is 4.79. The number of hydrazine groups is 1. The number of pyridine rings is 1. The number of carbonyl (C=O) groups is 2. The second-order valence-corrected chi connectivity index (χ2v) is 6.36. The van der Waals surface area contributed by atoms with Crippen molar-refractivity contribution in [1.29, 1.82) is 0 Å². The highest BCUT2D eigenvalue weighted by atomic mass is 19.3. The van der Waals surface area contributed by atoms with Crippen LogP contribution in [-0.2, 0) is 5.92 Å². The number of ether oxygens (including phenoxy) is 1. The Morgan fingerprint density at radius 3 is 2.17 bits per heavy atom. The van der Waals surface area contributed by atoms with Crippen molar-refractivity contribution in [3.05, 3.63) is 89.7 Å². The second kappa shape index (κ2) is 9.13. The summed E-state index contributed by atoms with van der Waals surface area (Å²) in [6.07, 6.45) is 2.83. The van der Waals surface area contributed by atoms with E-state index in [-0.39, 0.29) is 23.1 Å². The molecule has 6 nitrogen and oxygen atoms in total. The lowest BCUT2D eigenvalue weighted by atomic mass is 10.0. The van der Waals surface area contributed by atoms with Crippen molar-refractivity contribution in [3.63, 3.8) is 0 Å². The molecule has 3 aromatic rings. The maximum absolute atomic E-state index is 13.7. The van der Waals surface area contributed by atoms with Crippen molar-refractivity contribution >= 4 is 11.8 Å². The molecular formula is C22H19F2N3O3. The standard InChI is InChI=1S/C22H19F2N3O3/c1-2-22(23,24)17-8-6-15(7-9-17)20(28)26-27-21(29)16-4-3-5-19(14-16)30-18-10-12-25-13-11-18/h3-14H,2H2,1H3,(H,26,28)(H,27,29). The number of alkyl halides is 2. The number of aromatic nitrogens is 1. The number of hydrogen-bond donors (Lipinski definition) is 2. The van der Waals surface area contributed by atoms with E-state index < -0.39 is 17.7 Å². The second-order valence-electron chi connectivity index (χ2n) is 6.36. The van der Waals surface area contributed by atoms with Gasteiger partial charge in [0.15, 0.2) is 0 Å². The molecule has 0 spiro atoms. The summed E-state index contributed by atoms with van der Waals surface area (Å²) in [5, 5.41) is 0. The molecule has 0 bridgehead atoms. The molecule has 0 fully saturated rings.